The largest absolute Gasteiger partial charge is 0.307 e. The van der Waals surface area contributed by atoms with Crippen molar-refractivity contribution in [1.82, 2.24) is 25.9 Å². The van der Waals surface area contributed by atoms with E-state index < -0.39 is 0 Å². The summed E-state index contributed by atoms with van der Waals surface area (Å²) in [4.78, 5) is 0. The monoisotopic (exact) mass is 223 g/mol. The van der Waals surface area contributed by atoms with Crippen molar-refractivity contribution in [1.29, 1.82) is 0 Å². The van der Waals surface area contributed by atoms with Crippen LogP contribution in [-0.2, 0) is 0 Å². The van der Waals surface area contributed by atoms with Crippen molar-refractivity contribution in [2.24, 2.45) is 5.92 Å². The van der Waals surface area contributed by atoms with E-state index in [1.807, 2.05) is 0 Å². The number of rotatable bonds is 5. The van der Waals surface area contributed by atoms with Crippen LogP contribution in [0.3, 0.4) is 0 Å². The van der Waals surface area contributed by atoms with Gasteiger partial charge in [-0.25, -0.2) is 0 Å². The molecule has 2 N–H and O–H groups in total. The Balaban J connectivity index is 1.63. The van der Waals surface area contributed by atoms with E-state index >= 15 is 0 Å². The molecule has 1 saturated carbocycles. The molecule has 1 aliphatic carbocycles. The third kappa shape index (κ3) is 3.27. The first kappa shape index (κ1) is 11.5. The van der Waals surface area contributed by atoms with Crippen molar-refractivity contribution in [2.45, 2.75) is 51.5 Å². The van der Waals surface area contributed by atoms with Gasteiger partial charge in [-0.15, -0.1) is 10.2 Å². The fraction of sp³-hybridized carbons (Fsp3) is 0.909. The Morgan fingerprint density at radius 3 is 2.88 bits per heavy atom. The second-order valence-electron chi connectivity index (χ2n) is 4.74. The van der Waals surface area contributed by atoms with Crippen molar-refractivity contribution in [2.75, 3.05) is 6.54 Å². The molecule has 2 rings (SSSR count). The van der Waals surface area contributed by atoms with Crippen LogP contribution in [0.5, 0.6) is 0 Å². The zero-order chi connectivity index (χ0) is 11.2. The fourth-order valence-corrected chi connectivity index (χ4v) is 2.42. The molecule has 1 aliphatic rings. The fourth-order valence-electron chi connectivity index (χ4n) is 2.42. The average molecular weight is 223 g/mol. The molecule has 0 bridgehead atoms. The Morgan fingerprint density at radius 2 is 2.19 bits per heavy atom. The van der Waals surface area contributed by atoms with Crippen LogP contribution in [0.25, 0.3) is 0 Å². The minimum absolute atomic E-state index is 0.197. The Bertz CT molecular complexity index is 279. The molecule has 0 aromatic carbocycles. The lowest BCUT2D eigenvalue weighted by Gasteiger charge is -2.22. The van der Waals surface area contributed by atoms with Crippen molar-refractivity contribution < 1.29 is 0 Å². The highest BCUT2D eigenvalue weighted by atomic mass is 15.5. The summed E-state index contributed by atoms with van der Waals surface area (Å²) < 4.78 is 0. The third-order valence-corrected chi connectivity index (χ3v) is 3.48. The normalized spacial score (nSPS) is 19.8. The Labute approximate surface area is 96.4 Å². The summed E-state index contributed by atoms with van der Waals surface area (Å²) in [7, 11) is 0. The van der Waals surface area contributed by atoms with E-state index in [1.54, 1.807) is 0 Å². The number of nitrogens with one attached hydrogen (secondary N) is 2. The van der Waals surface area contributed by atoms with Gasteiger partial charge in [0.1, 0.15) is 0 Å². The van der Waals surface area contributed by atoms with Gasteiger partial charge in [0.05, 0.1) is 6.04 Å². The van der Waals surface area contributed by atoms with E-state index in [4.69, 9.17) is 0 Å². The van der Waals surface area contributed by atoms with Gasteiger partial charge in [0.2, 0.25) is 0 Å². The van der Waals surface area contributed by atoms with Crippen LogP contribution in [0.15, 0.2) is 0 Å². The predicted molar refractivity (Wildman–Crippen MR) is 61.8 cm³/mol. The number of aromatic nitrogens is 4. The summed E-state index contributed by atoms with van der Waals surface area (Å²) in [5, 5.41) is 17.4. The van der Waals surface area contributed by atoms with Crippen molar-refractivity contribution in [3.8, 4) is 0 Å². The predicted octanol–water partition coefficient (Wildman–Crippen LogP) is 1.82. The van der Waals surface area contributed by atoms with Gasteiger partial charge in [-0.3, -0.25) is 0 Å². The second-order valence-corrected chi connectivity index (χ2v) is 4.74. The second kappa shape index (κ2) is 5.94. The average Bonchev–Trinajstić information content (AvgIpc) is 2.84. The van der Waals surface area contributed by atoms with E-state index in [-0.39, 0.29) is 6.04 Å². The molecule has 1 aromatic heterocycles. The van der Waals surface area contributed by atoms with Crippen LogP contribution in [0.1, 0.15) is 57.3 Å². The van der Waals surface area contributed by atoms with Crippen molar-refractivity contribution in [3.05, 3.63) is 5.82 Å². The zero-order valence-electron chi connectivity index (χ0n) is 9.95. The van der Waals surface area contributed by atoms with E-state index in [0.717, 1.165) is 18.3 Å². The molecule has 1 aromatic rings. The number of tetrazole rings is 1. The third-order valence-electron chi connectivity index (χ3n) is 3.48. The van der Waals surface area contributed by atoms with Gasteiger partial charge in [-0.2, -0.15) is 5.21 Å². The van der Waals surface area contributed by atoms with Gasteiger partial charge >= 0.3 is 0 Å². The van der Waals surface area contributed by atoms with E-state index in [1.165, 1.54) is 38.5 Å². The lowest BCUT2D eigenvalue weighted by Crippen LogP contribution is -2.23. The first-order chi connectivity index (χ1) is 7.86. The first-order valence-corrected chi connectivity index (χ1v) is 6.33. The summed E-state index contributed by atoms with van der Waals surface area (Å²) >= 11 is 0. The lowest BCUT2D eigenvalue weighted by molar-refractivity contribution is 0.328. The SMILES string of the molecule is CC(NCCC1CCCCC1)c1nn[nH]n1. The number of aromatic amines is 1. The molecule has 1 unspecified atom stereocenters. The standard InChI is InChI=1S/C11H21N5/c1-9(11-13-15-16-14-11)12-8-7-10-5-3-2-4-6-10/h9-10,12H,2-8H2,1H3,(H,13,14,15,16). The molecule has 5 heteroatoms. The summed E-state index contributed by atoms with van der Waals surface area (Å²) in [6.07, 6.45) is 8.39. The van der Waals surface area contributed by atoms with Gasteiger partial charge in [-0.1, -0.05) is 37.3 Å². The smallest absolute Gasteiger partial charge is 0.191 e. The molecule has 0 radical (unpaired) electrons. The molecular weight excluding hydrogens is 202 g/mol. The van der Waals surface area contributed by atoms with Crippen LogP contribution in [-0.4, -0.2) is 27.2 Å². The number of hydrogen-bond acceptors (Lipinski definition) is 4. The summed E-state index contributed by atoms with van der Waals surface area (Å²) in [5.41, 5.74) is 0. The quantitative estimate of drug-likeness (QED) is 0.799. The highest BCUT2D eigenvalue weighted by molar-refractivity contribution is 4.85. The van der Waals surface area contributed by atoms with Crippen molar-refractivity contribution >= 4 is 0 Å². The van der Waals surface area contributed by atoms with Crippen molar-refractivity contribution in [3.63, 3.8) is 0 Å². The molecular formula is C11H21N5. The summed E-state index contributed by atoms with van der Waals surface area (Å²) in [6, 6.07) is 0.197. The van der Waals surface area contributed by atoms with Crippen LogP contribution >= 0.6 is 0 Å². The van der Waals surface area contributed by atoms with E-state index in [2.05, 4.69) is 32.9 Å². The van der Waals surface area contributed by atoms with E-state index in [0.29, 0.717) is 0 Å². The summed E-state index contributed by atoms with van der Waals surface area (Å²) in [6.45, 7) is 3.13. The minimum atomic E-state index is 0.197. The lowest BCUT2D eigenvalue weighted by atomic mass is 9.87. The maximum Gasteiger partial charge on any atom is 0.191 e. The first-order valence-electron chi connectivity index (χ1n) is 6.33. The Kier molecular flexibility index (Phi) is 4.27. The molecule has 16 heavy (non-hydrogen) atoms. The van der Waals surface area contributed by atoms with Crippen LogP contribution in [0, 0.1) is 5.92 Å². The molecule has 1 atom stereocenters. The highest BCUT2D eigenvalue weighted by Gasteiger charge is 2.14. The number of H-pyrrole nitrogens is 1. The molecule has 0 spiro atoms. The van der Waals surface area contributed by atoms with Gasteiger partial charge in [0.15, 0.2) is 5.82 Å². The maximum atomic E-state index is 3.97. The van der Waals surface area contributed by atoms with E-state index in [9.17, 15) is 0 Å². The highest BCUT2D eigenvalue weighted by Crippen LogP contribution is 2.25. The van der Waals surface area contributed by atoms with Crippen LogP contribution in [0.2, 0.25) is 0 Å². The van der Waals surface area contributed by atoms with Gasteiger partial charge in [0.25, 0.3) is 0 Å². The Morgan fingerprint density at radius 1 is 1.38 bits per heavy atom. The molecule has 0 aliphatic heterocycles. The molecule has 0 amide bonds. The Hall–Kier alpha value is -0.970. The topological polar surface area (TPSA) is 66.5 Å². The van der Waals surface area contributed by atoms with Gasteiger partial charge in [-0.05, 0) is 25.8 Å². The maximum absolute atomic E-state index is 3.97. The number of hydrogen-bond donors (Lipinski definition) is 2. The molecule has 90 valence electrons. The molecule has 1 heterocycles. The van der Waals surface area contributed by atoms with Gasteiger partial charge < -0.3 is 5.32 Å². The molecule has 1 fully saturated rings. The molecule has 0 saturated heterocycles. The molecule has 5 nitrogen and oxygen atoms in total. The number of nitrogens with zero attached hydrogens (tertiary/aromatic N) is 3. The van der Waals surface area contributed by atoms with Crippen LogP contribution < -0.4 is 5.32 Å². The zero-order valence-corrected chi connectivity index (χ0v) is 9.95. The van der Waals surface area contributed by atoms with Crippen LogP contribution in [0.4, 0.5) is 0 Å². The van der Waals surface area contributed by atoms with Gasteiger partial charge in [0, 0.05) is 0 Å². The summed E-state index contributed by atoms with van der Waals surface area (Å²) in [5.74, 6) is 1.68. The minimum Gasteiger partial charge on any atom is -0.307 e.